The second kappa shape index (κ2) is 10.5. The molecular formula is C25H26FN6O5S-. The van der Waals surface area contributed by atoms with Gasteiger partial charge >= 0.3 is 5.97 Å². The van der Waals surface area contributed by atoms with E-state index in [9.17, 15) is 23.5 Å². The maximum absolute atomic E-state index is 15.3. The Hall–Kier alpha value is -3.84. The lowest BCUT2D eigenvalue weighted by Gasteiger charge is -2.32. The fourth-order valence-corrected chi connectivity index (χ4v) is 5.89. The van der Waals surface area contributed by atoms with Gasteiger partial charge in [-0.3, -0.25) is 13.3 Å². The standard InChI is InChI=1S/C25H27FN6O5S/c26-22-15(3-5-18-17(22)7-9-28-23(18)27)13-20(25(34)35)31-12-8-19(24(31)33)32(38(36)37)16-4-6-21(29-14-16)30-10-1-2-11-30/h3-7,9,14,19-20H,1-2,8,10-13H2,(H2,27,28)(H,34,35)(H,36,37)/p-1/t19-,20+/m0/s1. The van der Waals surface area contributed by atoms with Crippen LogP contribution in [-0.2, 0) is 27.3 Å². The van der Waals surface area contributed by atoms with E-state index in [2.05, 4.69) is 14.9 Å². The largest absolute Gasteiger partial charge is 0.755 e. The number of carbonyl (C=O) groups is 2. The monoisotopic (exact) mass is 541 g/mol. The van der Waals surface area contributed by atoms with Gasteiger partial charge in [0, 0.05) is 54.3 Å². The number of aliphatic carboxylic acids is 1. The lowest BCUT2D eigenvalue weighted by Crippen LogP contribution is -2.49. The highest BCUT2D eigenvalue weighted by atomic mass is 32.2. The first-order chi connectivity index (χ1) is 18.3. The Kier molecular flexibility index (Phi) is 7.13. The third-order valence-corrected chi connectivity index (χ3v) is 7.92. The van der Waals surface area contributed by atoms with Gasteiger partial charge in [0.25, 0.3) is 0 Å². The molecule has 13 heteroatoms. The summed E-state index contributed by atoms with van der Waals surface area (Å²) in [4.78, 5) is 37.1. The van der Waals surface area contributed by atoms with Crippen LogP contribution < -0.4 is 14.9 Å². The molecule has 2 saturated heterocycles. The summed E-state index contributed by atoms with van der Waals surface area (Å²) >= 11 is -2.81. The number of pyridine rings is 2. The van der Waals surface area contributed by atoms with Gasteiger partial charge in [-0.15, -0.1) is 0 Å². The Bertz CT molecular complexity index is 1400. The topological polar surface area (TPSA) is 156 Å². The SMILES string of the molecule is Nc1nccc2c(F)c(C[C@H](C(=O)O)N3CC[C@H](N(c4ccc(N5CCCC5)nc4)S(=O)[O-])C3=O)ccc12. The normalized spacial score (nSPS) is 19.2. The number of anilines is 3. The maximum Gasteiger partial charge on any atom is 0.326 e. The molecule has 0 aliphatic carbocycles. The number of hydrogen-bond donors (Lipinski definition) is 2. The number of aromatic nitrogens is 2. The number of benzene rings is 1. The van der Waals surface area contributed by atoms with Crippen molar-refractivity contribution in [2.45, 2.75) is 37.8 Å². The minimum Gasteiger partial charge on any atom is -0.755 e. The van der Waals surface area contributed by atoms with E-state index in [0.29, 0.717) is 5.39 Å². The molecule has 2 fully saturated rings. The average Bonchev–Trinajstić information content (AvgIpc) is 3.55. The van der Waals surface area contributed by atoms with Crippen molar-refractivity contribution < 1.29 is 27.8 Å². The quantitative estimate of drug-likeness (QED) is 0.406. The third-order valence-electron chi connectivity index (χ3n) is 7.14. The molecule has 2 aromatic heterocycles. The fourth-order valence-electron chi connectivity index (χ4n) is 5.21. The van der Waals surface area contributed by atoms with Crippen molar-refractivity contribution in [1.82, 2.24) is 14.9 Å². The summed E-state index contributed by atoms with van der Waals surface area (Å²) < 4.78 is 40.6. The van der Waals surface area contributed by atoms with E-state index < -0.39 is 41.0 Å². The molecule has 3 aromatic rings. The zero-order valence-electron chi connectivity index (χ0n) is 20.3. The first-order valence-electron chi connectivity index (χ1n) is 12.2. The number of rotatable bonds is 8. The van der Waals surface area contributed by atoms with Crippen LogP contribution in [0.15, 0.2) is 42.7 Å². The van der Waals surface area contributed by atoms with Crippen LogP contribution in [0.25, 0.3) is 10.8 Å². The first-order valence-corrected chi connectivity index (χ1v) is 13.2. The molecule has 5 rings (SSSR count). The zero-order valence-corrected chi connectivity index (χ0v) is 21.1. The van der Waals surface area contributed by atoms with Gasteiger partial charge in [0.2, 0.25) is 5.91 Å². The summed E-state index contributed by atoms with van der Waals surface area (Å²) in [5, 5.41) is 10.5. The van der Waals surface area contributed by atoms with Crippen molar-refractivity contribution in [3.8, 4) is 0 Å². The van der Waals surface area contributed by atoms with Crippen LogP contribution in [0.4, 0.5) is 21.7 Å². The predicted molar refractivity (Wildman–Crippen MR) is 138 cm³/mol. The highest BCUT2D eigenvalue weighted by molar-refractivity contribution is 7.80. The molecule has 4 heterocycles. The molecule has 0 spiro atoms. The molecule has 1 unspecified atom stereocenters. The number of likely N-dealkylation sites (tertiary alicyclic amines) is 1. The third kappa shape index (κ3) is 4.74. The number of hydrogen-bond acceptors (Lipinski definition) is 8. The van der Waals surface area contributed by atoms with Gasteiger partial charge < -0.3 is 25.2 Å². The number of amides is 1. The van der Waals surface area contributed by atoms with E-state index in [1.54, 1.807) is 18.2 Å². The van der Waals surface area contributed by atoms with Crippen molar-refractivity contribution >= 4 is 51.2 Å². The van der Waals surface area contributed by atoms with E-state index in [0.717, 1.165) is 41.0 Å². The molecule has 38 heavy (non-hydrogen) atoms. The van der Waals surface area contributed by atoms with E-state index in [4.69, 9.17) is 5.73 Å². The number of fused-ring (bicyclic) bond motifs is 1. The molecular weight excluding hydrogens is 515 g/mol. The summed E-state index contributed by atoms with van der Waals surface area (Å²) in [6.07, 6.45) is 4.66. The van der Waals surface area contributed by atoms with Crippen LogP contribution in [0.2, 0.25) is 0 Å². The van der Waals surface area contributed by atoms with E-state index in [1.165, 1.54) is 24.5 Å². The van der Waals surface area contributed by atoms with Crippen molar-refractivity contribution in [2.75, 3.05) is 34.6 Å². The minimum absolute atomic E-state index is 0.000471. The van der Waals surface area contributed by atoms with Gasteiger partial charge in [0.05, 0.1) is 11.9 Å². The number of carboxylic acid groups (broad SMARTS) is 1. The molecule has 1 amide bonds. The molecule has 3 N–H and O–H groups in total. The van der Waals surface area contributed by atoms with E-state index in [-0.39, 0.29) is 41.8 Å². The molecule has 1 aromatic carbocycles. The van der Waals surface area contributed by atoms with Crippen LogP contribution in [0, 0.1) is 5.82 Å². The Morgan fingerprint density at radius 2 is 1.95 bits per heavy atom. The summed E-state index contributed by atoms with van der Waals surface area (Å²) in [6, 6.07) is 5.20. The van der Waals surface area contributed by atoms with Gasteiger partial charge in [-0.05, 0) is 43.0 Å². The lowest BCUT2D eigenvalue weighted by atomic mass is 10.0. The molecule has 3 atom stereocenters. The molecule has 0 saturated carbocycles. The predicted octanol–water partition coefficient (Wildman–Crippen LogP) is 1.85. The van der Waals surface area contributed by atoms with Crippen LogP contribution in [0.1, 0.15) is 24.8 Å². The number of nitrogen functional groups attached to an aromatic ring is 1. The van der Waals surface area contributed by atoms with Crippen molar-refractivity contribution in [3.05, 3.63) is 54.1 Å². The Morgan fingerprint density at radius 1 is 1.18 bits per heavy atom. The summed E-state index contributed by atoms with van der Waals surface area (Å²) in [5.74, 6) is -1.76. The Labute approximate surface area is 220 Å². The lowest BCUT2D eigenvalue weighted by molar-refractivity contribution is -0.148. The van der Waals surface area contributed by atoms with Gasteiger partial charge in [-0.2, -0.15) is 0 Å². The minimum atomic E-state index is -2.81. The summed E-state index contributed by atoms with van der Waals surface area (Å²) in [5.41, 5.74) is 6.12. The van der Waals surface area contributed by atoms with Crippen LogP contribution in [0.5, 0.6) is 0 Å². The second-order valence-electron chi connectivity index (χ2n) is 9.34. The van der Waals surface area contributed by atoms with Gasteiger partial charge in [-0.25, -0.2) is 19.2 Å². The number of carbonyl (C=O) groups excluding carboxylic acids is 1. The maximum atomic E-state index is 15.3. The van der Waals surface area contributed by atoms with E-state index in [1.807, 2.05) is 0 Å². The van der Waals surface area contributed by atoms with Crippen LogP contribution in [0.3, 0.4) is 0 Å². The fraction of sp³-hybridized carbons (Fsp3) is 0.360. The Morgan fingerprint density at radius 3 is 2.61 bits per heavy atom. The highest BCUT2D eigenvalue weighted by Gasteiger charge is 2.42. The molecule has 0 radical (unpaired) electrons. The zero-order chi connectivity index (χ0) is 27.0. The first kappa shape index (κ1) is 25.8. The van der Waals surface area contributed by atoms with Crippen LogP contribution >= 0.6 is 0 Å². The van der Waals surface area contributed by atoms with Gasteiger partial charge in [-0.1, -0.05) is 12.1 Å². The smallest absolute Gasteiger partial charge is 0.326 e. The molecule has 0 bridgehead atoms. The molecule has 11 nitrogen and oxygen atoms in total. The number of halogens is 1. The number of carboxylic acids is 1. The van der Waals surface area contributed by atoms with Crippen molar-refractivity contribution in [3.63, 3.8) is 0 Å². The molecule has 2 aliphatic heterocycles. The van der Waals surface area contributed by atoms with E-state index >= 15 is 4.39 Å². The molecule has 2 aliphatic rings. The number of nitrogens with two attached hydrogens (primary N) is 1. The highest BCUT2D eigenvalue weighted by Crippen LogP contribution is 2.30. The summed E-state index contributed by atoms with van der Waals surface area (Å²) in [7, 11) is 0. The number of nitrogens with zero attached hydrogens (tertiary/aromatic N) is 5. The summed E-state index contributed by atoms with van der Waals surface area (Å²) in [6.45, 7) is 1.75. The average molecular weight is 542 g/mol. The second-order valence-corrected chi connectivity index (χ2v) is 10.2. The molecule has 200 valence electrons. The Balaban J connectivity index is 1.38. The van der Waals surface area contributed by atoms with Crippen LogP contribution in [-0.4, -0.2) is 72.3 Å². The van der Waals surface area contributed by atoms with Gasteiger partial charge in [0.15, 0.2) is 0 Å². The van der Waals surface area contributed by atoms with Gasteiger partial charge in [0.1, 0.15) is 29.5 Å². The van der Waals surface area contributed by atoms with Crippen molar-refractivity contribution in [2.24, 2.45) is 0 Å². The van der Waals surface area contributed by atoms with Crippen molar-refractivity contribution in [1.29, 1.82) is 0 Å².